The molecule has 1 amide bonds. The maximum atomic E-state index is 12.9. The number of amides is 1. The number of halogens is 1. The molecule has 34 heavy (non-hydrogen) atoms. The Morgan fingerprint density at radius 2 is 1.62 bits per heavy atom. The third-order valence-electron chi connectivity index (χ3n) is 7.41. The van der Waals surface area contributed by atoms with Crippen LogP contribution >= 0.6 is 12.4 Å². The molecule has 2 saturated heterocycles. The molecule has 2 heterocycles. The van der Waals surface area contributed by atoms with E-state index in [0.29, 0.717) is 12.3 Å². The van der Waals surface area contributed by atoms with E-state index in [1.165, 1.54) is 49.5 Å². The first-order valence-electron chi connectivity index (χ1n) is 13.2. The molecule has 0 bridgehead atoms. The number of nitrogens with one attached hydrogen (secondary N) is 3. The van der Waals surface area contributed by atoms with E-state index in [9.17, 15) is 4.79 Å². The van der Waals surface area contributed by atoms with Gasteiger partial charge < -0.3 is 20.9 Å². The minimum atomic E-state index is 0. The van der Waals surface area contributed by atoms with Gasteiger partial charge in [-0.1, -0.05) is 42.5 Å². The summed E-state index contributed by atoms with van der Waals surface area (Å²) in [5.74, 6) is 1.79. The van der Waals surface area contributed by atoms with Gasteiger partial charge in [0.25, 0.3) is 0 Å². The van der Waals surface area contributed by atoms with Crippen molar-refractivity contribution in [1.29, 1.82) is 0 Å². The van der Waals surface area contributed by atoms with E-state index >= 15 is 0 Å². The smallest absolute Gasteiger partial charge is 0.227 e. The maximum absolute atomic E-state index is 12.9. The first-order chi connectivity index (χ1) is 16.3. The van der Waals surface area contributed by atoms with E-state index in [-0.39, 0.29) is 18.3 Å². The number of benzene rings is 2. The highest BCUT2D eigenvalue weighted by Gasteiger charge is 2.23. The number of hydrogen-bond donors (Lipinski definition) is 3. The van der Waals surface area contributed by atoms with Crippen LogP contribution in [0.1, 0.15) is 44.1 Å². The van der Waals surface area contributed by atoms with Gasteiger partial charge in [0.05, 0.1) is 6.42 Å². The van der Waals surface area contributed by atoms with E-state index in [4.69, 9.17) is 0 Å². The van der Waals surface area contributed by atoms with E-state index in [2.05, 4.69) is 63.3 Å². The Labute approximate surface area is 211 Å². The van der Waals surface area contributed by atoms with E-state index in [0.717, 1.165) is 63.6 Å². The first-order valence-corrected chi connectivity index (χ1v) is 13.2. The number of unbranched alkanes of at least 4 members (excludes halogenated alkanes) is 1. The molecule has 188 valence electrons. The normalized spacial score (nSPS) is 19.2. The summed E-state index contributed by atoms with van der Waals surface area (Å²) in [5, 5.41) is 13.2. The van der Waals surface area contributed by atoms with Crippen molar-refractivity contribution in [3.63, 3.8) is 0 Å². The molecule has 1 atom stereocenters. The number of rotatable bonds is 11. The summed E-state index contributed by atoms with van der Waals surface area (Å²) in [4.78, 5) is 15.0. The molecule has 0 spiro atoms. The number of piperidine rings is 2. The van der Waals surface area contributed by atoms with Gasteiger partial charge in [-0.15, -0.1) is 12.4 Å². The van der Waals surface area contributed by atoms with E-state index in [1.54, 1.807) is 0 Å². The summed E-state index contributed by atoms with van der Waals surface area (Å²) < 4.78 is 0. The zero-order chi connectivity index (χ0) is 22.7. The molecule has 2 aromatic rings. The van der Waals surface area contributed by atoms with Gasteiger partial charge in [-0.25, -0.2) is 0 Å². The third-order valence-corrected chi connectivity index (χ3v) is 7.41. The van der Waals surface area contributed by atoms with Gasteiger partial charge >= 0.3 is 0 Å². The lowest BCUT2D eigenvalue weighted by Gasteiger charge is -2.32. The van der Waals surface area contributed by atoms with Crippen LogP contribution in [0.25, 0.3) is 10.8 Å². The van der Waals surface area contributed by atoms with Gasteiger partial charge in [-0.2, -0.15) is 0 Å². The number of hydrogen-bond acceptors (Lipinski definition) is 4. The number of nitrogens with zero attached hydrogens (tertiary/aromatic N) is 1. The Hall–Kier alpha value is -1.66. The maximum Gasteiger partial charge on any atom is 0.227 e. The molecule has 0 aliphatic carbocycles. The van der Waals surface area contributed by atoms with Crippen molar-refractivity contribution < 1.29 is 4.79 Å². The molecular formula is C28H43ClN4O. The Balaban J connectivity index is 0.00000324. The Morgan fingerprint density at radius 1 is 0.912 bits per heavy atom. The average molecular weight is 487 g/mol. The van der Waals surface area contributed by atoms with Crippen molar-refractivity contribution >= 4 is 29.1 Å². The van der Waals surface area contributed by atoms with Crippen molar-refractivity contribution in [3.05, 3.63) is 48.0 Å². The highest BCUT2D eigenvalue weighted by molar-refractivity contribution is 5.90. The molecule has 2 aromatic carbocycles. The van der Waals surface area contributed by atoms with Crippen molar-refractivity contribution in [2.75, 3.05) is 52.4 Å². The van der Waals surface area contributed by atoms with Gasteiger partial charge in [0.1, 0.15) is 0 Å². The van der Waals surface area contributed by atoms with Crippen LogP contribution in [-0.4, -0.2) is 63.2 Å². The molecule has 0 aromatic heterocycles. The lowest BCUT2D eigenvalue weighted by atomic mass is 9.95. The predicted molar refractivity (Wildman–Crippen MR) is 145 cm³/mol. The highest BCUT2D eigenvalue weighted by atomic mass is 35.5. The van der Waals surface area contributed by atoms with Gasteiger partial charge in [-0.05, 0) is 106 Å². The molecule has 3 N–H and O–H groups in total. The second-order valence-electron chi connectivity index (χ2n) is 9.97. The molecule has 0 radical (unpaired) electrons. The largest absolute Gasteiger partial charge is 0.342 e. The summed E-state index contributed by atoms with van der Waals surface area (Å²) in [6.07, 6.45) is 7.92. The fourth-order valence-corrected chi connectivity index (χ4v) is 5.32. The average Bonchev–Trinajstić information content (AvgIpc) is 2.87. The summed E-state index contributed by atoms with van der Waals surface area (Å²) in [6.45, 7) is 8.67. The monoisotopic (exact) mass is 486 g/mol. The van der Waals surface area contributed by atoms with E-state index < -0.39 is 0 Å². The number of fused-ring (bicyclic) bond motifs is 1. The molecule has 2 fully saturated rings. The molecule has 2 aliphatic rings. The standard InChI is InChI=1S/C28H42N4O.ClH/c33-28(19-26-10-5-9-25-8-1-2-11-27(25)26)32-17-12-23(13-18-32)20-29-14-3-4-15-30-21-24-7-6-16-31-22-24;/h1-2,5,8-11,23-24,29-31H,3-4,6-7,12-22H2;1H. The fraction of sp³-hybridized carbons (Fsp3) is 0.607. The van der Waals surface area contributed by atoms with Crippen molar-refractivity contribution in [1.82, 2.24) is 20.9 Å². The second kappa shape index (κ2) is 14.7. The van der Waals surface area contributed by atoms with E-state index in [1.807, 2.05) is 0 Å². The van der Waals surface area contributed by atoms with Crippen LogP contribution in [0.4, 0.5) is 0 Å². The van der Waals surface area contributed by atoms with Crippen LogP contribution < -0.4 is 16.0 Å². The second-order valence-corrected chi connectivity index (χ2v) is 9.97. The minimum Gasteiger partial charge on any atom is -0.342 e. The summed E-state index contributed by atoms with van der Waals surface area (Å²) in [5.41, 5.74) is 1.15. The van der Waals surface area contributed by atoms with Crippen LogP contribution in [0, 0.1) is 11.8 Å². The summed E-state index contributed by atoms with van der Waals surface area (Å²) in [6, 6.07) is 14.6. The van der Waals surface area contributed by atoms with Crippen LogP contribution in [0.15, 0.2) is 42.5 Å². The number of likely N-dealkylation sites (tertiary alicyclic amines) is 1. The van der Waals surface area contributed by atoms with Crippen molar-refractivity contribution in [2.24, 2.45) is 11.8 Å². The highest BCUT2D eigenvalue weighted by Crippen LogP contribution is 2.21. The first kappa shape index (κ1) is 26.9. The van der Waals surface area contributed by atoms with Crippen molar-refractivity contribution in [2.45, 2.75) is 44.9 Å². The van der Waals surface area contributed by atoms with Gasteiger partial charge in [0.15, 0.2) is 0 Å². The fourth-order valence-electron chi connectivity index (χ4n) is 5.32. The van der Waals surface area contributed by atoms with Crippen LogP contribution in [0.5, 0.6) is 0 Å². The SMILES string of the molecule is Cl.O=C(Cc1cccc2ccccc12)N1CCC(CNCCCCNCC2CCCNC2)CC1. The van der Waals surface area contributed by atoms with Crippen LogP contribution in [0.2, 0.25) is 0 Å². The Morgan fingerprint density at radius 3 is 2.35 bits per heavy atom. The summed E-state index contributed by atoms with van der Waals surface area (Å²) in [7, 11) is 0. The molecule has 6 heteroatoms. The zero-order valence-electron chi connectivity index (χ0n) is 20.6. The molecule has 0 saturated carbocycles. The molecular weight excluding hydrogens is 444 g/mol. The minimum absolute atomic E-state index is 0. The number of carbonyl (C=O) groups is 1. The van der Waals surface area contributed by atoms with Gasteiger partial charge in [0, 0.05) is 13.1 Å². The molecule has 2 aliphatic heterocycles. The number of carbonyl (C=O) groups excluding carboxylic acids is 1. The lowest BCUT2D eigenvalue weighted by Crippen LogP contribution is -2.41. The quantitative estimate of drug-likeness (QED) is 0.420. The van der Waals surface area contributed by atoms with Crippen LogP contribution in [-0.2, 0) is 11.2 Å². The lowest BCUT2D eigenvalue weighted by molar-refractivity contribution is -0.131. The third kappa shape index (κ3) is 8.23. The molecule has 5 nitrogen and oxygen atoms in total. The summed E-state index contributed by atoms with van der Waals surface area (Å²) >= 11 is 0. The zero-order valence-corrected chi connectivity index (χ0v) is 21.4. The topological polar surface area (TPSA) is 56.4 Å². The van der Waals surface area contributed by atoms with Gasteiger partial charge in [-0.3, -0.25) is 4.79 Å². The molecule has 4 rings (SSSR count). The van der Waals surface area contributed by atoms with Gasteiger partial charge in [0.2, 0.25) is 5.91 Å². The predicted octanol–water partition coefficient (Wildman–Crippen LogP) is 4.00. The Kier molecular flexibility index (Phi) is 11.6. The Bertz CT molecular complexity index is 857. The van der Waals surface area contributed by atoms with Crippen LogP contribution in [0.3, 0.4) is 0 Å². The van der Waals surface area contributed by atoms with Crippen molar-refractivity contribution in [3.8, 4) is 0 Å². The molecule has 1 unspecified atom stereocenters.